The van der Waals surface area contributed by atoms with Gasteiger partial charge < -0.3 is 18.9 Å². The molecule has 6 heteroatoms. The second-order valence-corrected chi connectivity index (χ2v) is 27.2. The van der Waals surface area contributed by atoms with E-state index in [0.29, 0.717) is 39.6 Å². The second-order valence-electron chi connectivity index (χ2n) is 27.2. The van der Waals surface area contributed by atoms with Gasteiger partial charge in [0.05, 0.1) is 56.8 Å². The van der Waals surface area contributed by atoms with Crippen molar-refractivity contribution in [2.75, 3.05) is 9.80 Å². The van der Waals surface area contributed by atoms with E-state index in [9.17, 15) is 13.5 Å². The third kappa shape index (κ3) is 9.04. The average molecular weight is 1190 g/mol. The third-order valence-corrected chi connectivity index (χ3v) is 18.5. The van der Waals surface area contributed by atoms with E-state index in [1.54, 1.807) is 4.57 Å². The molecule has 0 atom stereocenters. The van der Waals surface area contributed by atoms with Crippen LogP contribution in [0.4, 0.5) is 34.1 Å². The Morgan fingerprint density at radius 3 is 1.47 bits per heavy atom. The summed E-state index contributed by atoms with van der Waals surface area (Å²) in [5.41, 5.74) is 15.9. The van der Waals surface area contributed by atoms with Crippen molar-refractivity contribution < 1.29 is 17.8 Å². The average Bonchev–Trinajstić information content (AvgIpc) is 0.873. The maximum atomic E-state index is 11.6. The van der Waals surface area contributed by atoms with Crippen molar-refractivity contribution in [2.24, 2.45) is 0 Å². The molecule has 0 saturated carbocycles. The summed E-state index contributed by atoms with van der Waals surface area (Å²) < 4.78 is 124. The van der Waals surface area contributed by atoms with E-state index in [1.807, 2.05) is 84.9 Å². The molecular weight excluding hydrogens is 1100 g/mol. The Morgan fingerprint density at radius 1 is 0.352 bits per heavy atom. The molecule has 12 aromatic carbocycles. The highest BCUT2D eigenvalue weighted by atomic mass is 15.2. The van der Waals surface area contributed by atoms with Gasteiger partial charge in [-0.05, 0) is 162 Å². The van der Waals surface area contributed by atoms with Gasteiger partial charge in [-0.25, -0.2) is 0 Å². The molecule has 0 spiro atoms. The molecule has 16 rings (SSSR count). The van der Waals surface area contributed by atoms with Gasteiger partial charge in [-0.3, -0.25) is 0 Å². The second kappa shape index (κ2) is 20.7. The number of hydrogen-bond donors (Lipinski definition) is 0. The number of aromatic nitrogens is 2. The van der Waals surface area contributed by atoms with Crippen molar-refractivity contribution in [2.45, 2.75) is 78.6 Å². The Morgan fingerprint density at radius 2 is 0.868 bits per heavy atom. The van der Waals surface area contributed by atoms with E-state index in [0.717, 1.165) is 94.2 Å². The zero-order valence-corrected chi connectivity index (χ0v) is 52.1. The summed E-state index contributed by atoms with van der Waals surface area (Å²) in [5.74, 6) is 0. The number of anilines is 6. The van der Waals surface area contributed by atoms with Crippen LogP contribution in [-0.4, -0.2) is 15.8 Å². The van der Waals surface area contributed by atoms with Crippen molar-refractivity contribution >= 4 is 101 Å². The van der Waals surface area contributed by atoms with E-state index in [-0.39, 0.29) is 50.3 Å². The van der Waals surface area contributed by atoms with Crippen LogP contribution >= 0.6 is 0 Å². The number of fused-ring (bicyclic) bond motifs is 10. The van der Waals surface area contributed by atoms with Crippen LogP contribution in [0.15, 0.2) is 261 Å². The topological polar surface area (TPSA) is 40.1 Å². The molecule has 4 heterocycles. The van der Waals surface area contributed by atoms with Crippen LogP contribution < -0.4 is 26.2 Å². The van der Waals surface area contributed by atoms with Crippen molar-refractivity contribution in [1.82, 2.24) is 9.13 Å². The predicted octanol–water partition coefficient (Wildman–Crippen LogP) is 20.7. The molecular formula is C85H70BN5. The van der Waals surface area contributed by atoms with Gasteiger partial charge in [0.1, 0.15) is 6.07 Å². The van der Waals surface area contributed by atoms with Gasteiger partial charge >= 0.3 is 0 Å². The number of benzene rings is 12. The van der Waals surface area contributed by atoms with Crippen LogP contribution in [0.3, 0.4) is 0 Å². The molecule has 0 radical (unpaired) electrons. The van der Waals surface area contributed by atoms with Crippen LogP contribution in [0.1, 0.15) is 102 Å². The van der Waals surface area contributed by atoms with Crippen LogP contribution in [0, 0.1) is 11.3 Å². The first-order valence-electron chi connectivity index (χ1n) is 37.4. The van der Waals surface area contributed by atoms with E-state index in [1.165, 1.54) is 0 Å². The Labute approximate surface area is 552 Å². The van der Waals surface area contributed by atoms with Gasteiger partial charge in [0, 0.05) is 61.2 Å². The van der Waals surface area contributed by atoms with E-state index >= 15 is 0 Å². The minimum absolute atomic E-state index is 0.0301. The molecule has 91 heavy (non-hydrogen) atoms. The lowest BCUT2D eigenvalue weighted by molar-refractivity contribution is 0.590. The minimum atomic E-state index is -0.659. The minimum Gasteiger partial charge on any atom is -0.311 e. The highest BCUT2D eigenvalue weighted by Crippen LogP contribution is 2.51. The summed E-state index contributed by atoms with van der Waals surface area (Å²) >= 11 is 0. The highest BCUT2D eigenvalue weighted by molar-refractivity contribution is 7.00. The largest absolute Gasteiger partial charge is 0.311 e. The lowest BCUT2D eigenvalue weighted by Crippen LogP contribution is -2.61. The van der Waals surface area contributed by atoms with E-state index < -0.39 is 78.6 Å². The quantitative estimate of drug-likeness (QED) is 0.149. The maximum Gasteiger partial charge on any atom is 0.252 e. The molecule has 0 aliphatic carbocycles. The Hall–Kier alpha value is -10.6. The van der Waals surface area contributed by atoms with Crippen molar-refractivity contribution in [3.05, 3.63) is 283 Å². The lowest BCUT2D eigenvalue weighted by Gasteiger charge is -2.45. The molecule has 0 saturated heterocycles. The molecule has 0 N–H and O–H groups in total. The van der Waals surface area contributed by atoms with Gasteiger partial charge in [0.25, 0.3) is 6.71 Å². The number of nitrogens with zero attached hydrogens (tertiary/aromatic N) is 5. The molecule has 2 aliphatic rings. The fraction of sp³-hybridized carbons (Fsp3) is 0.141. The van der Waals surface area contributed by atoms with Crippen LogP contribution in [0.25, 0.3) is 88.4 Å². The molecule has 0 unspecified atom stereocenters. The molecule has 14 aromatic rings. The number of rotatable bonds is 7. The first-order valence-corrected chi connectivity index (χ1v) is 30.9. The predicted molar refractivity (Wildman–Crippen MR) is 386 cm³/mol. The molecule has 0 amide bonds. The molecule has 0 bridgehead atoms. The fourth-order valence-electron chi connectivity index (χ4n) is 13.9. The molecule has 2 aliphatic heterocycles. The number of hydrogen-bond acceptors (Lipinski definition) is 3. The van der Waals surface area contributed by atoms with Gasteiger partial charge in [0.15, 0.2) is 0 Å². The molecule has 0 fully saturated rings. The maximum absolute atomic E-state index is 11.6. The lowest BCUT2D eigenvalue weighted by atomic mass is 9.33. The monoisotopic (exact) mass is 1180 g/mol. The van der Waals surface area contributed by atoms with Gasteiger partial charge in [-0.1, -0.05) is 238 Å². The van der Waals surface area contributed by atoms with Crippen molar-refractivity contribution in [3.63, 3.8) is 0 Å². The Kier molecular flexibility index (Phi) is 9.83. The van der Waals surface area contributed by atoms with Gasteiger partial charge in [-0.2, -0.15) is 5.26 Å². The Balaban J connectivity index is 1.07. The summed E-state index contributed by atoms with van der Waals surface area (Å²) in [7, 11) is 0. The summed E-state index contributed by atoms with van der Waals surface area (Å²) in [6.07, 6.45) is 0. The zero-order valence-electron chi connectivity index (χ0n) is 65.1. The normalized spacial score (nSPS) is 15.0. The Bertz CT molecular complexity index is 5960. The van der Waals surface area contributed by atoms with E-state index in [4.69, 9.17) is 9.60 Å². The first kappa shape index (κ1) is 43.1. The summed E-state index contributed by atoms with van der Waals surface area (Å²) in [4.78, 5) is 4.45. The summed E-state index contributed by atoms with van der Waals surface area (Å²) in [5, 5.41) is 13.5. The third-order valence-electron chi connectivity index (χ3n) is 18.5. The standard InChI is InChI=1S/C85H70BN5/c1-83(2,3)60-36-40-67-68-41-37-61(84(4,5)6)48-77(68)91(76(67)47-60)75-51-63(38-33-59(75)53-87)89-79-52-64(88-72-31-21-19-29-65(72)66-30-20-22-32-73(66)88)39-43-71(79)86-70-42-34-58(55-25-15-11-16-26-55)46-78(70)90(81-50-62(85(7,8)9)49-80(89)82(81)86)74-44-35-57(54-23-13-10-14-24-54)45-69(74)56-27-17-12-18-28-56/h10-52H,1-9H3/i11D,15D,16D,19D,20D,21D,22D,25D,26D,29D,30D,31D,32D. The summed E-state index contributed by atoms with van der Waals surface area (Å²) in [6.45, 7) is 18.9. The van der Waals surface area contributed by atoms with Gasteiger partial charge in [-0.15, -0.1) is 0 Å². The summed E-state index contributed by atoms with van der Waals surface area (Å²) in [6, 6.07) is 58.3. The van der Waals surface area contributed by atoms with E-state index in [2.05, 4.69) is 180 Å². The van der Waals surface area contributed by atoms with Crippen molar-refractivity contribution in [1.29, 1.82) is 5.26 Å². The zero-order chi connectivity index (χ0) is 73.6. The smallest absolute Gasteiger partial charge is 0.252 e. The van der Waals surface area contributed by atoms with Gasteiger partial charge in [0.2, 0.25) is 0 Å². The fourth-order valence-corrected chi connectivity index (χ4v) is 13.9. The first-order chi connectivity index (χ1) is 49.4. The highest BCUT2D eigenvalue weighted by Gasteiger charge is 2.45. The number of para-hydroxylation sites is 2. The van der Waals surface area contributed by atoms with Crippen molar-refractivity contribution in [3.8, 4) is 50.8 Å². The molecule has 438 valence electrons. The molecule has 5 nitrogen and oxygen atoms in total. The van der Waals surface area contributed by atoms with Crippen LogP contribution in [-0.2, 0) is 16.2 Å². The van der Waals surface area contributed by atoms with Crippen LogP contribution in [0.5, 0.6) is 0 Å². The van der Waals surface area contributed by atoms with Crippen LogP contribution in [0.2, 0.25) is 0 Å². The SMILES string of the molecule is [2H]c1c([2H])c([2H])c(-c2ccc3c(c2)N(c2ccc(-c4ccccc4)cc2-c2ccccc2)c2cc(C(C)(C)C)cc4c2B3c2ccc(-n3c5c([2H])c([2H])c([2H])c([2H])c5c5c([2H])c([2H])c([2H])c([2H])c53)cc2N4c2ccc(C#N)c(-n3c4cc(C(C)(C)C)ccc4c4ccc(C(C)(C)C)cc43)c2)c([2H])c1[2H]. The molecule has 2 aromatic heterocycles. The number of nitriles is 1.